The van der Waals surface area contributed by atoms with E-state index in [1.807, 2.05) is 43.3 Å². The van der Waals surface area contributed by atoms with Gasteiger partial charge in [0.2, 0.25) is 0 Å². The van der Waals surface area contributed by atoms with E-state index in [9.17, 15) is 0 Å². The fourth-order valence-electron chi connectivity index (χ4n) is 1.67. The Bertz CT molecular complexity index is 583. The zero-order valence-corrected chi connectivity index (χ0v) is 10.9. The van der Waals surface area contributed by atoms with E-state index in [0.29, 0.717) is 11.6 Å². The van der Waals surface area contributed by atoms with Gasteiger partial charge in [0.1, 0.15) is 5.75 Å². The highest BCUT2D eigenvalue weighted by atomic mass is 35.5. The first-order valence-corrected chi connectivity index (χ1v) is 6.11. The van der Waals surface area contributed by atoms with Gasteiger partial charge in [0.05, 0.1) is 12.4 Å². The van der Waals surface area contributed by atoms with E-state index < -0.39 is 0 Å². The van der Waals surface area contributed by atoms with E-state index in [2.05, 4.69) is 0 Å². The smallest absolute Gasteiger partial charge is 0.127 e. The minimum atomic E-state index is -0.0977. The van der Waals surface area contributed by atoms with Crippen LogP contribution in [0.4, 0.5) is 0 Å². The highest BCUT2D eigenvalue weighted by Gasteiger charge is 2.09. The van der Waals surface area contributed by atoms with E-state index >= 15 is 0 Å². The molecule has 0 aliphatic carbocycles. The van der Waals surface area contributed by atoms with Gasteiger partial charge in [-0.15, -0.1) is 0 Å². The molecule has 0 spiro atoms. The average Bonchev–Trinajstić information content (AvgIpc) is 2.38. The second kappa shape index (κ2) is 5.27. The van der Waals surface area contributed by atoms with Gasteiger partial charge in [-0.25, -0.2) is 0 Å². The summed E-state index contributed by atoms with van der Waals surface area (Å²) in [6, 6.07) is 11.5. The molecular formula is C14H15ClN2O. The van der Waals surface area contributed by atoms with Crippen molar-refractivity contribution in [2.75, 3.05) is 6.61 Å². The molecule has 94 valence electrons. The lowest BCUT2D eigenvalue weighted by Gasteiger charge is -2.13. The van der Waals surface area contributed by atoms with Crippen LogP contribution < -0.4 is 10.5 Å². The van der Waals surface area contributed by atoms with Crippen molar-refractivity contribution in [3.63, 3.8) is 0 Å². The third kappa shape index (κ3) is 2.57. The van der Waals surface area contributed by atoms with Crippen molar-refractivity contribution in [2.45, 2.75) is 6.92 Å². The number of rotatable bonds is 4. The lowest BCUT2D eigenvalue weighted by atomic mass is 10.1. The van der Waals surface area contributed by atoms with Crippen molar-refractivity contribution in [1.29, 1.82) is 5.41 Å². The molecule has 0 amide bonds. The molecule has 0 heterocycles. The predicted molar refractivity (Wildman–Crippen MR) is 75.5 cm³/mol. The first-order valence-electron chi connectivity index (χ1n) is 5.73. The van der Waals surface area contributed by atoms with Crippen molar-refractivity contribution in [1.82, 2.24) is 0 Å². The molecular weight excluding hydrogens is 248 g/mol. The molecule has 0 aromatic heterocycles. The first-order chi connectivity index (χ1) is 8.59. The van der Waals surface area contributed by atoms with Crippen molar-refractivity contribution >= 4 is 28.2 Å². The molecule has 3 N–H and O–H groups in total. The molecule has 2 rings (SSSR count). The highest BCUT2D eigenvalue weighted by molar-refractivity contribution is 6.35. The molecule has 4 heteroatoms. The maximum atomic E-state index is 7.34. The van der Waals surface area contributed by atoms with Gasteiger partial charge in [-0.1, -0.05) is 42.8 Å². The van der Waals surface area contributed by atoms with Crippen LogP contribution in [0.25, 0.3) is 10.8 Å². The Labute approximate surface area is 111 Å². The van der Waals surface area contributed by atoms with Gasteiger partial charge in [0.15, 0.2) is 0 Å². The fourth-order valence-corrected chi connectivity index (χ4v) is 1.89. The molecule has 18 heavy (non-hydrogen) atoms. The van der Waals surface area contributed by atoms with Gasteiger partial charge in [-0.05, 0) is 12.1 Å². The van der Waals surface area contributed by atoms with Crippen LogP contribution in [0.15, 0.2) is 36.4 Å². The third-order valence-corrected chi connectivity index (χ3v) is 3.18. The summed E-state index contributed by atoms with van der Waals surface area (Å²) in [5, 5.41) is 9.98. The lowest BCUT2D eigenvalue weighted by molar-refractivity contribution is 0.295. The third-order valence-electron chi connectivity index (χ3n) is 2.85. The number of hydrogen-bond donors (Lipinski definition) is 2. The van der Waals surface area contributed by atoms with Crippen LogP contribution in [-0.4, -0.2) is 12.4 Å². The van der Waals surface area contributed by atoms with Crippen LogP contribution >= 0.6 is 11.6 Å². The standard InChI is InChI=1S/C14H15ClN2O/c1-9(14(16)17)8-18-13-7-6-12(15)10-4-2-3-5-11(10)13/h2-7,9H,8H2,1H3,(H3,16,17). The van der Waals surface area contributed by atoms with Crippen LogP contribution in [0.3, 0.4) is 0 Å². The molecule has 0 aliphatic rings. The summed E-state index contributed by atoms with van der Waals surface area (Å²) in [4.78, 5) is 0. The number of nitrogens with two attached hydrogens (primary N) is 1. The molecule has 0 saturated carbocycles. The van der Waals surface area contributed by atoms with Gasteiger partial charge in [0, 0.05) is 21.7 Å². The van der Waals surface area contributed by atoms with Gasteiger partial charge in [-0.3, -0.25) is 5.41 Å². The number of fused-ring (bicyclic) bond motifs is 1. The monoisotopic (exact) mass is 262 g/mol. The normalized spacial score (nSPS) is 12.3. The molecule has 0 aliphatic heterocycles. The number of benzene rings is 2. The Morgan fingerprint density at radius 3 is 2.61 bits per heavy atom. The van der Waals surface area contributed by atoms with Gasteiger partial charge in [0.25, 0.3) is 0 Å². The van der Waals surface area contributed by atoms with Gasteiger partial charge >= 0.3 is 0 Å². The Hall–Kier alpha value is -1.74. The van der Waals surface area contributed by atoms with Crippen molar-refractivity contribution in [3.8, 4) is 5.75 Å². The SMILES string of the molecule is CC(COc1ccc(Cl)c2ccccc12)C(=N)N. The molecule has 0 bridgehead atoms. The molecule has 2 aromatic carbocycles. The van der Waals surface area contributed by atoms with E-state index in [1.54, 1.807) is 0 Å². The lowest BCUT2D eigenvalue weighted by Crippen LogP contribution is -2.25. The summed E-state index contributed by atoms with van der Waals surface area (Å²) in [6.45, 7) is 2.25. The van der Waals surface area contributed by atoms with E-state index in [-0.39, 0.29) is 11.8 Å². The summed E-state index contributed by atoms with van der Waals surface area (Å²) >= 11 is 6.13. The Morgan fingerprint density at radius 2 is 1.94 bits per heavy atom. The summed E-state index contributed by atoms with van der Waals surface area (Å²) in [7, 11) is 0. The van der Waals surface area contributed by atoms with Crippen LogP contribution in [-0.2, 0) is 0 Å². The minimum absolute atomic E-state index is 0.0977. The summed E-state index contributed by atoms with van der Waals surface area (Å²) in [6.07, 6.45) is 0. The topological polar surface area (TPSA) is 59.1 Å². The number of halogens is 1. The summed E-state index contributed by atoms with van der Waals surface area (Å²) in [5.41, 5.74) is 5.42. The number of amidine groups is 1. The van der Waals surface area contributed by atoms with Crippen molar-refractivity contribution in [3.05, 3.63) is 41.4 Å². The van der Waals surface area contributed by atoms with Crippen LogP contribution in [0.2, 0.25) is 5.02 Å². The quantitative estimate of drug-likeness (QED) is 0.655. The summed E-state index contributed by atoms with van der Waals surface area (Å²) in [5.74, 6) is 0.802. The second-order valence-electron chi connectivity index (χ2n) is 4.26. The fraction of sp³-hybridized carbons (Fsp3) is 0.214. The highest BCUT2D eigenvalue weighted by Crippen LogP contribution is 2.31. The maximum Gasteiger partial charge on any atom is 0.127 e. The number of nitrogens with one attached hydrogen (secondary N) is 1. The van der Waals surface area contributed by atoms with Gasteiger partial charge < -0.3 is 10.5 Å². The molecule has 0 radical (unpaired) electrons. The van der Waals surface area contributed by atoms with Gasteiger partial charge in [-0.2, -0.15) is 0 Å². The Kier molecular flexibility index (Phi) is 3.72. The molecule has 1 unspecified atom stereocenters. The first kappa shape index (κ1) is 12.7. The number of hydrogen-bond acceptors (Lipinski definition) is 2. The van der Waals surface area contributed by atoms with E-state index in [4.69, 9.17) is 27.5 Å². The maximum absolute atomic E-state index is 7.34. The minimum Gasteiger partial charge on any atom is -0.492 e. The van der Waals surface area contributed by atoms with Crippen molar-refractivity contribution < 1.29 is 4.74 Å². The molecule has 0 fully saturated rings. The van der Waals surface area contributed by atoms with Crippen LogP contribution in [0.1, 0.15) is 6.92 Å². The molecule has 1 atom stereocenters. The zero-order chi connectivity index (χ0) is 13.1. The average molecular weight is 263 g/mol. The molecule has 2 aromatic rings. The molecule has 3 nitrogen and oxygen atoms in total. The Balaban J connectivity index is 2.29. The second-order valence-corrected chi connectivity index (χ2v) is 4.67. The van der Waals surface area contributed by atoms with E-state index in [1.165, 1.54) is 0 Å². The zero-order valence-electron chi connectivity index (χ0n) is 10.1. The largest absolute Gasteiger partial charge is 0.492 e. The molecule has 0 saturated heterocycles. The van der Waals surface area contributed by atoms with Crippen molar-refractivity contribution in [2.24, 2.45) is 11.7 Å². The predicted octanol–water partition coefficient (Wildman–Crippen LogP) is 3.44. The van der Waals surface area contributed by atoms with Crippen LogP contribution in [0.5, 0.6) is 5.75 Å². The van der Waals surface area contributed by atoms with E-state index in [0.717, 1.165) is 16.5 Å². The summed E-state index contributed by atoms with van der Waals surface area (Å²) < 4.78 is 5.72. The Morgan fingerprint density at radius 1 is 1.28 bits per heavy atom. The van der Waals surface area contributed by atoms with Crippen LogP contribution in [0, 0.1) is 11.3 Å². The number of ether oxygens (including phenoxy) is 1.